The van der Waals surface area contributed by atoms with Crippen molar-refractivity contribution in [1.29, 1.82) is 0 Å². The van der Waals surface area contributed by atoms with E-state index in [9.17, 15) is 35.9 Å². The van der Waals surface area contributed by atoms with Crippen LogP contribution < -0.4 is 21.3 Å². The lowest BCUT2D eigenvalue weighted by Gasteiger charge is -2.17. The Bertz CT molecular complexity index is 1450. The first kappa shape index (κ1) is 29.2. The van der Waals surface area contributed by atoms with Crippen molar-refractivity contribution in [3.8, 4) is 0 Å². The molecule has 0 atom stereocenters. The van der Waals surface area contributed by atoms with Gasteiger partial charge in [0.1, 0.15) is 0 Å². The van der Waals surface area contributed by atoms with Gasteiger partial charge in [-0.2, -0.15) is 26.3 Å². The first-order chi connectivity index (χ1) is 19.9. The SMILES string of the molecule is O=C(Nc1ccc(Nc2cc(C(F)(F)F)cc(C(F)(F)F)c2)c2c1C(=O)NC2)c1ccc(NCCN2CCCC2)cc1. The average Bonchev–Trinajstić information content (AvgIpc) is 3.59. The number of carbonyl (C=O) groups excluding carboxylic acids is 2. The quantitative estimate of drug-likeness (QED) is 0.226. The van der Waals surface area contributed by atoms with Crippen molar-refractivity contribution in [3.05, 3.63) is 82.4 Å². The van der Waals surface area contributed by atoms with Gasteiger partial charge < -0.3 is 26.2 Å². The number of fused-ring (bicyclic) bond motifs is 1. The van der Waals surface area contributed by atoms with Gasteiger partial charge >= 0.3 is 12.4 Å². The minimum absolute atomic E-state index is 0.0382. The summed E-state index contributed by atoms with van der Waals surface area (Å²) in [6.45, 7) is 3.86. The van der Waals surface area contributed by atoms with Gasteiger partial charge in [-0.05, 0) is 80.5 Å². The first-order valence-electron chi connectivity index (χ1n) is 13.3. The van der Waals surface area contributed by atoms with Crippen molar-refractivity contribution in [1.82, 2.24) is 10.2 Å². The highest BCUT2D eigenvalue weighted by Crippen LogP contribution is 2.39. The number of likely N-dealkylation sites (tertiary alicyclic amines) is 1. The largest absolute Gasteiger partial charge is 0.416 e. The standard InChI is InChI=1S/C29H27F6N5O2/c30-28(31,32)18-13-19(29(33,34)35)15-21(14-18)38-23-7-8-24(25-22(23)16-37-27(25)42)39-26(41)17-3-5-20(6-4-17)36-9-12-40-10-1-2-11-40/h3-8,13-15,36,38H,1-2,9-12,16H2,(H,37,42)(H,39,41). The van der Waals surface area contributed by atoms with E-state index < -0.39 is 41.0 Å². The molecule has 2 heterocycles. The summed E-state index contributed by atoms with van der Waals surface area (Å²) in [4.78, 5) is 28.0. The maximum Gasteiger partial charge on any atom is 0.416 e. The molecule has 7 nitrogen and oxygen atoms in total. The van der Waals surface area contributed by atoms with E-state index in [0.717, 1.165) is 31.9 Å². The van der Waals surface area contributed by atoms with Crippen molar-refractivity contribution in [3.63, 3.8) is 0 Å². The third-order valence-corrected chi connectivity index (χ3v) is 7.18. The molecule has 2 amide bonds. The summed E-state index contributed by atoms with van der Waals surface area (Å²) in [5, 5.41) is 11.2. The maximum atomic E-state index is 13.3. The monoisotopic (exact) mass is 591 g/mol. The van der Waals surface area contributed by atoms with Crippen LogP contribution in [-0.4, -0.2) is 42.9 Å². The van der Waals surface area contributed by atoms with Crippen LogP contribution in [0.4, 0.5) is 49.1 Å². The average molecular weight is 592 g/mol. The Morgan fingerprint density at radius 3 is 2.07 bits per heavy atom. The smallest absolute Gasteiger partial charge is 0.384 e. The van der Waals surface area contributed by atoms with Gasteiger partial charge in [-0.25, -0.2) is 0 Å². The molecule has 5 rings (SSSR count). The number of hydrogen-bond acceptors (Lipinski definition) is 5. The van der Waals surface area contributed by atoms with Gasteiger partial charge in [-0.15, -0.1) is 0 Å². The highest BCUT2D eigenvalue weighted by atomic mass is 19.4. The summed E-state index contributed by atoms with van der Waals surface area (Å²) in [5.41, 5.74) is -1.57. The van der Waals surface area contributed by atoms with Crippen LogP contribution in [0.25, 0.3) is 0 Å². The van der Waals surface area contributed by atoms with Gasteiger partial charge in [-0.1, -0.05) is 0 Å². The Labute approximate surface area is 237 Å². The van der Waals surface area contributed by atoms with E-state index >= 15 is 0 Å². The molecule has 0 bridgehead atoms. The summed E-state index contributed by atoms with van der Waals surface area (Å²) in [6, 6.07) is 10.7. The number of hydrogen-bond donors (Lipinski definition) is 4. The van der Waals surface area contributed by atoms with Crippen molar-refractivity contribution in [2.75, 3.05) is 42.1 Å². The molecule has 0 saturated carbocycles. The summed E-state index contributed by atoms with van der Waals surface area (Å²) in [7, 11) is 0. The Kier molecular flexibility index (Phi) is 8.04. The van der Waals surface area contributed by atoms with E-state index in [-0.39, 0.29) is 29.5 Å². The van der Waals surface area contributed by atoms with Gasteiger partial charge in [0.2, 0.25) is 0 Å². The Hall–Kier alpha value is -4.26. The van der Waals surface area contributed by atoms with Gasteiger partial charge in [-0.3, -0.25) is 9.59 Å². The van der Waals surface area contributed by atoms with Crippen LogP contribution in [0.1, 0.15) is 50.2 Å². The Morgan fingerprint density at radius 2 is 1.45 bits per heavy atom. The molecular formula is C29H27F6N5O2. The fraction of sp³-hybridized carbons (Fsp3) is 0.310. The molecule has 13 heteroatoms. The molecule has 0 spiro atoms. The number of halogens is 6. The lowest BCUT2D eigenvalue weighted by Crippen LogP contribution is -2.25. The molecule has 1 fully saturated rings. The molecule has 0 aliphatic carbocycles. The highest BCUT2D eigenvalue weighted by Gasteiger charge is 2.37. The van der Waals surface area contributed by atoms with E-state index in [1.165, 1.54) is 25.0 Å². The molecule has 2 aliphatic heterocycles. The number of nitrogens with one attached hydrogen (secondary N) is 4. The van der Waals surface area contributed by atoms with Crippen LogP contribution in [0.3, 0.4) is 0 Å². The minimum atomic E-state index is -5.01. The van der Waals surface area contributed by atoms with Gasteiger partial charge in [0.25, 0.3) is 11.8 Å². The predicted octanol–water partition coefficient (Wildman–Crippen LogP) is 6.47. The molecule has 4 N–H and O–H groups in total. The van der Waals surface area contributed by atoms with Gasteiger partial charge in [0, 0.05) is 47.8 Å². The number of anilines is 4. The Morgan fingerprint density at radius 1 is 0.833 bits per heavy atom. The Balaban J connectivity index is 1.32. The number of alkyl halides is 6. The first-order valence-corrected chi connectivity index (χ1v) is 13.3. The van der Waals surface area contributed by atoms with Gasteiger partial charge in [0.15, 0.2) is 0 Å². The second kappa shape index (κ2) is 11.6. The predicted molar refractivity (Wildman–Crippen MR) is 146 cm³/mol. The van der Waals surface area contributed by atoms with E-state index in [0.29, 0.717) is 23.3 Å². The third-order valence-electron chi connectivity index (χ3n) is 7.18. The summed E-state index contributed by atoms with van der Waals surface area (Å²) < 4.78 is 79.8. The molecule has 0 unspecified atom stereocenters. The zero-order chi connectivity index (χ0) is 30.1. The lowest BCUT2D eigenvalue weighted by atomic mass is 10.0. The molecule has 3 aromatic carbocycles. The van der Waals surface area contributed by atoms with Crippen LogP contribution in [0.15, 0.2) is 54.6 Å². The highest BCUT2D eigenvalue weighted by molar-refractivity contribution is 6.11. The number of nitrogens with zero attached hydrogens (tertiary/aromatic N) is 1. The second-order valence-corrected chi connectivity index (χ2v) is 10.1. The molecule has 42 heavy (non-hydrogen) atoms. The normalized spacial score (nSPS) is 15.3. The van der Waals surface area contributed by atoms with Crippen LogP contribution >= 0.6 is 0 Å². The fourth-order valence-corrected chi connectivity index (χ4v) is 5.05. The molecule has 3 aromatic rings. The fourth-order valence-electron chi connectivity index (χ4n) is 5.05. The number of rotatable bonds is 8. The van der Waals surface area contributed by atoms with Crippen LogP contribution in [0.2, 0.25) is 0 Å². The van der Waals surface area contributed by atoms with Crippen LogP contribution in [0.5, 0.6) is 0 Å². The minimum Gasteiger partial charge on any atom is -0.384 e. The van der Waals surface area contributed by atoms with Crippen molar-refractivity contribution >= 4 is 34.6 Å². The number of carbonyl (C=O) groups is 2. The van der Waals surface area contributed by atoms with Crippen molar-refractivity contribution in [2.45, 2.75) is 31.7 Å². The molecule has 2 aliphatic rings. The zero-order valence-electron chi connectivity index (χ0n) is 22.2. The summed E-state index contributed by atoms with van der Waals surface area (Å²) in [5.74, 6) is -1.03. The van der Waals surface area contributed by atoms with Gasteiger partial charge in [0.05, 0.1) is 22.4 Å². The van der Waals surface area contributed by atoms with E-state index in [4.69, 9.17) is 0 Å². The van der Waals surface area contributed by atoms with Crippen molar-refractivity contribution in [2.24, 2.45) is 0 Å². The van der Waals surface area contributed by atoms with E-state index in [1.54, 1.807) is 24.3 Å². The lowest BCUT2D eigenvalue weighted by molar-refractivity contribution is -0.143. The van der Waals surface area contributed by atoms with Crippen LogP contribution in [-0.2, 0) is 18.9 Å². The zero-order valence-corrected chi connectivity index (χ0v) is 22.2. The topological polar surface area (TPSA) is 85.5 Å². The van der Waals surface area contributed by atoms with Crippen molar-refractivity contribution < 1.29 is 35.9 Å². The van der Waals surface area contributed by atoms with Crippen LogP contribution in [0, 0.1) is 0 Å². The molecule has 1 saturated heterocycles. The molecule has 0 aromatic heterocycles. The maximum absolute atomic E-state index is 13.3. The molecule has 0 radical (unpaired) electrons. The second-order valence-electron chi connectivity index (χ2n) is 10.1. The summed E-state index contributed by atoms with van der Waals surface area (Å²) in [6.07, 6.45) is -7.58. The third kappa shape index (κ3) is 6.62. The number of amides is 2. The van der Waals surface area contributed by atoms with E-state index in [2.05, 4.69) is 26.2 Å². The molecule has 222 valence electrons. The summed E-state index contributed by atoms with van der Waals surface area (Å²) >= 11 is 0. The molecular weight excluding hydrogens is 564 g/mol. The van der Waals surface area contributed by atoms with E-state index in [1.807, 2.05) is 0 Å². The number of benzene rings is 3.